The van der Waals surface area contributed by atoms with E-state index in [1.54, 1.807) is 7.11 Å². The second-order valence-corrected chi connectivity index (χ2v) is 5.80. The van der Waals surface area contributed by atoms with Gasteiger partial charge in [-0.2, -0.15) is 0 Å². The predicted octanol–water partition coefficient (Wildman–Crippen LogP) is 1.59. The van der Waals surface area contributed by atoms with E-state index in [9.17, 15) is 4.79 Å². The molecule has 1 aliphatic rings. The highest BCUT2D eigenvalue weighted by Crippen LogP contribution is 2.27. The van der Waals surface area contributed by atoms with Crippen molar-refractivity contribution < 1.29 is 23.9 Å². The summed E-state index contributed by atoms with van der Waals surface area (Å²) in [6.45, 7) is 6.66. The normalized spacial score (nSPS) is 20.8. The third kappa shape index (κ3) is 4.61. The van der Waals surface area contributed by atoms with Crippen molar-refractivity contribution >= 4 is 5.97 Å². The van der Waals surface area contributed by atoms with E-state index in [2.05, 4.69) is 0 Å². The zero-order valence-corrected chi connectivity index (χ0v) is 14.4. The van der Waals surface area contributed by atoms with E-state index < -0.39 is 0 Å². The molecule has 0 aliphatic carbocycles. The number of ether oxygens (including phenoxy) is 3. The fourth-order valence-corrected chi connectivity index (χ4v) is 3.18. The molecular formula is C18H28NO4+. The van der Waals surface area contributed by atoms with Crippen LogP contribution in [0.5, 0.6) is 11.5 Å². The molecule has 1 saturated heterocycles. The first-order valence-corrected chi connectivity index (χ1v) is 8.50. The summed E-state index contributed by atoms with van der Waals surface area (Å²) in [4.78, 5) is 13.5. The number of piperidine rings is 1. The van der Waals surface area contributed by atoms with Gasteiger partial charge in [0.05, 0.1) is 26.9 Å². The van der Waals surface area contributed by atoms with Crippen molar-refractivity contribution in [2.24, 2.45) is 0 Å². The molecule has 0 bridgehead atoms. The van der Waals surface area contributed by atoms with Crippen LogP contribution in [0.15, 0.2) is 18.2 Å². The van der Waals surface area contributed by atoms with Crippen LogP contribution >= 0.6 is 0 Å². The topological polar surface area (TPSA) is 49.2 Å². The number of hydrogen-bond acceptors (Lipinski definition) is 4. The van der Waals surface area contributed by atoms with Crippen molar-refractivity contribution in [3.63, 3.8) is 0 Å². The van der Waals surface area contributed by atoms with E-state index in [0.717, 1.165) is 49.4 Å². The molecule has 5 nitrogen and oxygen atoms in total. The van der Waals surface area contributed by atoms with Crippen LogP contribution in [0.1, 0.15) is 38.7 Å². The Morgan fingerprint density at radius 2 is 2.04 bits per heavy atom. The van der Waals surface area contributed by atoms with Crippen molar-refractivity contribution in [2.45, 2.75) is 45.7 Å². The summed E-state index contributed by atoms with van der Waals surface area (Å²) < 4.78 is 16.2. The number of nitrogens with one attached hydrogen (secondary N) is 1. The minimum absolute atomic E-state index is 0.0543. The fraction of sp³-hybridized carbons (Fsp3) is 0.611. The summed E-state index contributed by atoms with van der Waals surface area (Å²) in [5, 5.41) is 0. The molecule has 0 amide bonds. The first-order valence-electron chi connectivity index (χ1n) is 8.50. The Bertz CT molecular complexity index is 518. The summed E-state index contributed by atoms with van der Waals surface area (Å²) in [5.41, 5.74) is 1.15. The van der Waals surface area contributed by atoms with Crippen LogP contribution in [0, 0.1) is 0 Å². The Labute approximate surface area is 138 Å². The number of carbonyl (C=O) groups excluding carboxylic acids is 1. The van der Waals surface area contributed by atoms with Gasteiger partial charge in [0.2, 0.25) is 0 Å². The number of likely N-dealkylation sites (tertiary alicyclic amines) is 1. The van der Waals surface area contributed by atoms with Crippen LogP contribution in [-0.2, 0) is 16.1 Å². The number of methoxy groups -OCH3 is 1. The van der Waals surface area contributed by atoms with Crippen molar-refractivity contribution in [1.29, 1.82) is 0 Å². The SMILES string of the molecule is CCOC(=O)[C@H]1CCCC[NH+]1Cc1ccc(OC)c(OCC)c1. The maximum atomic E-state index is 12.2. The van der Waals surface area contributed by atoms with Crippen LogP contribution in [0.3, 0.4) is 0 Å². The van der Waals surface area contributed by atoms with Gasteiger partial charge < -0.3 is 19.1 Å². The molecular weight excluding hydrogens is 294 g/mol. The molecule has 23 heavy (non-hydrogen) atoms. The Hall–Kier alpha value is -1.75. The van der Waals surface area contributed by atoms with Gasteiger partial charge in [-0.1, -0.05) is 0 Å². The molecule has 0 aromatic heterocycles. The molecule has 0 radical (unpaired) electrons. The molecule has 1 N–H and O–H groups in total. The molecule has 1 aromatic carbocycles. The number of benzene rings is 1. The quantitative estimate of drug-likeness (QED) is 0.775. The minimum atomic E-state index is -0.0688. The van der Waals surface area contributed by atoms with Crippen LogP contribution < -0.4 is 14.4 Å². The van der Waals surface area contributed by atoms with Crippen LogP contribution in [-0.4, -0.2) is 38.9 Å². The molecule has 2 rings (SSSR count). The largest absolute Gasteiger partial charge is 0.493 e. The molecule has 0 saturated carbocycles. The van der Waals surface area contributed by atoms with Crippen molar-refractivity contribution in [3.8, 4) is 11.5 Å². The second-order valence-electron chi connectivity index (χ2n) is 5.80. The number of quaternary nitrogens is 1. The van der Waals surface area contributed by atoms with Gasteiger partial charge in [-0.05, 0) is 44.9 Å². The molecule has 128 valence electrons. The molecule has 0 spiro atoms. The number of hydrogen-bond donors (Lipinski definition) is 1. The Kier molecular flexibility index (Phi) is 6.71. The Balaban J connectivity index is 2.12. The van der Waals surface area contributed by atoms with Crippen molar-refractivity contribution in [2.75, 3.05) is 26.9 Å². The van der Waals surface area contributed by atoms with E-state index >= 15 is 0 Å². The first kappa shape index (κ1) is 17.6. The Morgan fingerprint density at radius 1 is 1.22 bits per heavy atom. The fourth-order valence-electron chi connectivity index (χ4n) is 3.18. The maximum absolute atomic E-state index is 12.2. The summed E-state index contributed by atoms with van der Waals surface area (Å²) >= 11 is 0. The lowest BCUT2D eigenvalue weighted by atomic mass is 10.0. The third-order valence-electron chi connectivity index (χ3n) is 4.26. The van der Waals surface area contributed by atoms with Gasteiger partial charge in [0.25, 0.3) is 0 Å². The van der Waals surface area contributed by atoms with Gasteiger partial charge in [-0.15, -0.1) is 0 Å². The van der Waals surface area contributed by atoms with Gasteiger partial charge in [0.15, 0.2) is 17.5 Å². The van der Waals surface area contributed by atoms with Crippen LogP contribution in [0.25, 0.3) is 0 Å². The summed E-state index contributed by atoms with van der Waals surface area (Å²) in [6, 6.07) is 5.95. The highest BCUT2D eigenvalue weighted by molar-refractivity contribution is 5.74. The minimum Gasteiger partial charge on any atom is -0.493 e. The zero-order valence-electron chi connectivity index (χ0n) is 14.4. The highest BCUT2D eigenvalue weighted by atomic mass is 16.5. The average molecular weight is 322 g/mol. The second kappa shape index (κ2) is 8.77. The van der Waals surface area contributed by atoms with Gasteiger partial charge in [0, 0.05) is 12.0 Å². The van der Waals surface area contributed by atoms with E-state index in [-0.39, 0.29) is 12.0 Å². The van der Waals surface area contributed by atoms with Crippen molar-refractivity contribution in [1.82, 2.24) is 0 Å². The summed E-state index contributed by atoms with van der Waals surface area (Å²) in [6.07, 6.45) is 3.15. The molecule has 1 aromatic rings. The van der Waals surface area contributed by atoms with Gasteiger partial charge >= 0.3 is 5.97 Å². The van der Waals surface area contributed by atoms with E-state index in [0.29, 0.717) is 13.2 Å². The molecule has 1 heterocycles. The third-order valence-corrected chi connectivity index (χ3v) is 4.26. The van der Waals surface area contributed by atoms with E-state index in [1.165, 1.54) is 4.90 Å². The summed E-state index contributed by atoms with van der Waals surface area (Å²) in [5.74, 6) is 1.43. The monoisotopic (exact) mass is 322 g/mol. The maximum Gasteiger partial charge on any atom is 0.364 e. The molecule has 5 heteroatoms. The first-order chi connectivity index (χ1) is 11.2. The molecule has 1 aliphatic heterocycles. The van der Waals surface area contributed by atoms with Gasteiger partial charge in [-0.3, -0.25) is 0 Å². The van der Waals surface area contributed by atoms with Gasteiger partial charge in [-0.25, -0.2) is 4.79 Å². The number of rotatable bonds is 7. The van der Waals surface area contributed by atoms with E-state index in [4.69, 9.17) is 14.2 Å². The molecule has 1 unspecified atom stereocenters. The lowest BCUT2D eigenvalue weighted by Crippen LogP contribution is -3.16. The lowest BCUT2D eigenvalue weighted by Gasteiger charge is -2.31. The average Bonchev–Trinajstić information content (AvgIpc) is 2.56. The van der Waals surface area contributed by atoms with Crippen molar-refractivity contribution in [3.05, 3.63) is 23.8 Å². The number of carbonyl (C=O) groups is 1. The molecule has 2 atom stereocenters. The Morgan fingerprint density at radius 3 is 2.74 bits per heavy atom. The van der Waals surface area contributed by atoms with Crippen LogP contribution in [0.2, 0.25) is 0 Å². The van der Waals surface area contributed by atoms with Gasteiger partial charge in [0.1, 0.15) is 6.54 Å². The smallest absolute Gasteiger partial charge is 0.364 e. The lowest BCUT2D eigenvalue weighted by molar-refractivity contribution is -0.935. The zero-order chi connectivity index (χ0) is 16.7. The number of esters is 1. The van der Waals surface area contributed by atoms with E-state index in [1.807, 2.05) is 32.0 Å². The highest BCUT2D eigenvalue weighted by Gasteiger charge is 2.33. The van der Waals surface area contributed by atoms with Crippen LogP contribution in [0.4, 0.5) is 0 Å². The summed E-state index contributed by atoms with van der Waals surface area (Å²) in [7, 11) is 1.64. The standard InChI is InChI=1S/C18H27NO4/c1-4-22-17-12-14(9-10-16(17)21-3)13-19-11-7-6-8-15(19)18(20)23-5-2/h9-10,12,15H,4-8,11,13H2,1-3H3/p+1/t15-/m1/s1. The molecule has 1 fully saturated rings. The predicted molar refractivity (Wildman–Crippen MR) is 88.0 cm³/mol.